The average molecular weight is 617 g/mol. The minimum atomic E-state index is -3.13. The maximum absolute atomic E-state index is 16.5. The predicted molar refractivity (Wildman–Crippen MR) is 161 cm³/mol. The molecule has 2 N–H and O–H groups in total. The highest BCUT2D eigenvalue weighted by Gasteiger charge is 2.32. The van der Waals surface area contributed by atoms with Crippen molar-refractivity contribution in [3.05, 3.63) is 69.8 Å². The molecule has 1 aromatic carbocycles. The number of nitrogens with one attached hydrogen (secondary N) is 2. The monoisotopic (exact) mass is 616 g/mol. The van der Waals surface area contributed by atoms with Crippen LogP contribution in [0.25, 0.3) is 11.1 Å². The summed E-state index contributed by atoms with van der Waals surface area (Å²) in [6, 6.07) is 5.03. The summed E-state index contributed by atoms with van der Waals surface area (Å²) in [5.41, 5.74) is -2.71. The molecule has 0 spiro atoms. The Morgan fingerprint density at radius 1 is 1.02 bits per heavy atom. The second-order valence-electron chi connectivity index (χ2n) is 11.7. The normalized spacial score (nSPS) is 22.9. The van der Waals surface area contributed by atoms with Gasteiger partial charge in [-0.3, -0.25) is 14.5 Å². The van der Waals surface area contributed by atoms with E-state index < -0.39 is 46.2 Å². The zero-order valence-electron chi connectivity index (χ0n) is 25.2. The van der Waals surface area contributed by atoms with Gasteiger partial charge < -0.3 is 24.8 Å². The highest BCUT2D eigenvalue weighted by molar-refractivity contribution is 6.07. The second-order valence-corrected chi connectivity index (χ2v) is 11.7. The van der Waals surface area contributed by atoms with Crippen LogP contribution in [0.15, 0.2) is 41.5 Å². The molecular weight excluding hydrogens is 580 g/mol. The van der Waals surface area contributed by atoms with E-state index in [4.69, 9.17) is 4.74 Å². The number of likely N-dealkylation sites (N-methyl/N-ethyl adjacent to an activating group) is 1. The first-order chi connectivity index (χ1) is 20.8. The molecule has 2 fully saturated rings. The summed E-state index contributed by atoms with van der Waals surface area (Å²) >= 11 is 0. The van der Waals surface area contributed by atoms with Gasteiger partial charge in [-0.15, -0.1) is 0 Å². The Bertz CT molecular complexity index is 1560. The number of hydrogen-bond donors (Lipinski definition) is 2. The van der Waals surface area contributed by atoms with Gasteiger partial charge >= 0.3 is 0 Å². The van der Waals surface area contributed by atoms with Crippen LogP contribution in [0.5, 0.6) is 0 Å². The number of morpholine rings is 1. The van der Waals surface area contributed by atoms with Crippen molar-refractivity contribution in [1.29, 1.82) is 0 Å². The van der Waals surface area contributed by atoms with E-state index in [2.05, 4.69) is 20.2 Å². The third-order valence-corrected chi connectivity index (χ3v) is 8.35. The molecule has 0 aliphatic carbocycles. The van der Waals surface area contributed by atoms with Crippen LogP contribution in [-0.4, -0.2) is 78.3 Å². The number of nitrogens with zero attached hydrogens (tertiary/aromatic N) is 4. The Morgan fingerprint density at radius 3 is 2.27 bits per heavy atom. The van der Waals surface area contributed by atoms with E-state index >= 15 is 8.78 Å². The molecule has 2 aliphatic heterocycles. The quantitative estimate of drug-likeness (QED) is 0.375. The maximum Gasteiger partial charge on any atom is 0.264 e. The van der Waals surface area contributed by atoms with Gasteiger partial charge in [-0.1, -0.05) is 0 Å². The van der Waals surface area contributed by atoms with E-state index in [9.17, 15) is 18.4 Å². The van der Waals surface area contributed by atoms with Crippen LogP contribution < -0.4 is 20.7 Å². The number of carbonyl (C=O) groups is 1. The van der Waals surface area contributed by atoms with Crippen molar-refractivity contribution in [3.63, 3.8) is 0 Å². The van der Waals surface area contributed by atoms with Crippen molar-refractivity contribution in [2.45, 2.75) is 58.4 Å². The molecule has 44 heavy (non-hydrogen) atoms. The number of ether oxygens (including phenoxy) is 1. The van der Waals surface area contributed by atoms with Crippen molar-refractivity contribution in [1.82, 2.24) is 14.9 Å². The number of alkyl halides is 2. The number of piperazine rings is 1. The summed E-state index contributed by atoms with van der Waals surface area (Å²) in [6.07, 6.45) is -0.933. The smallest absolute Gasteiger partial charge is 0.264 e. The van der Waals surface area contributed by atoms with E-state index in [0.717, 1.165) is 12.3 Å². The van der Waals surface area contributed by atoms with Crippen molar-refractivity contribution in [3.8, 4) is 11.1 Å². The zero-order valence-corrected chi connectivity index (χ0v) is 25.2. The lowest BCUT2D eigenvalue weighted by Gasteiger charge is -2.44. The summed E-state index contributed by atoms with van der Waals surface area (Å²) < 4.78 is 65.6. The Hall–Kier alpha value is -3.97. The third-order valence-electron chi connectivity index (χ3n) is 8.35. The molecule has 2 aliphatic rings. The second kappa shape index (κ2) is 12.6. The van der Waals surface area contributed by atoms with Crippen LogP contribution in [-0.2, 0) is 4.74 Å². The fourth-order valence-corrected chi connectivity index (χ4v) is 5.97. The molecule has 1 amide bonds. The largest absolute Gasteiger partial charge is 0.372 e. The van der Waals surface area contributed by atoms with Crippen LogP contribution in [0.4, 0.5) is 34.8 Å². The molecule has 0 radical (unpaired) electrons. The molecular formula is C31H36F4N6O3. The third kappa shape index (κ3) is 6.29. The number of carbonyl (C=O) groups excluding carboxylic acids is 1. The Kier molecular flexibility index (Phi) is 8.98. The SMILES string of the molecule is CC1CN(c2ccc(-c3c(F)cc(N4CC(C)N(C)C(C)C4)c(NC(=O)c4c[nH]c(=O)cc4C(F)F)c3F)cn2)CC(C)O1. The van der Waals surface area contributed by atoms with E-state index in [1.165, 1.54) is 6.20 Å². The van der Waals surface area contributed by atoms with Gasteiger partial charge in [0.25, 0.3) is 12.3 Å². The summed E-state index contributed by atoms with van der Waals surface area (Å²) in [5.74, 6) is -2.39. The number of hydrogen-bond acceptors (Lipinski definition) is 7. The van der Waals surface area contributed by atoms with Crippen molar-refractivity contribution in [2.24, 2.45) is 0 Å². The zero-order chi connectivity index (χ0) is 31.9. The summed E-state index contributed by atoms with van der Waals surface area (Å²) in [6.45, 7) is 9.87. The number of benzene rings is 1. The van der Waals surface area contributed by atoms with E-state index in [-0.39, 0.29) is 41.2 Å². The average Bonchev–Trinajstić information content (AvgIpc) is 2.96. The lowest BCUT2D eigenvalue weighted by molar-refractivity contribution is -0.00546. The molecule has 5 rings (SSSR count). The van der Waals surface area contributed by atoms with Crippen LogP contribution in [0.3, 0.4) is 0 Å². The number of aromatic amines is 1. The Morgan fingerprint density at radius 2 is 1.68 bits per heavy atom. The number of anilines is 3. The lowest BCUT2D eigenvalue weighted by atomic mass is 10.0. The minimum absolute atomic E-state index is 0.0122. The number of H-pyrrole nitrogens is 1. The minimum Gasteiger partial charge on any atom is -0.372 e. The number of pyridine rings is 2. The van der Waals surface area contributed by atoms with Gasteiger partial charge in [0.1, 0.15) is 17.3 Å². The number of amides is 1. The van der Waals surface area contributed by atoms with Gasteiger partial charge in [0.15, 0.2) is 5.82 Å². The molecule has 4 unspecified atom stereocenters. The van der Waals surface area contributed by atoms with Crippen LogP contribution in [0.2, 0.25) is 0 Å². The standard InChI is InChI=1S/C31H36F4N6O3/c1-16-12-40(13-17(2)39(16)5)24-9-23(32)27(20-6-7-25(36-10-20)41-14-18(3)44-19(4)15-41)28(33)29(24)38-31(43)22-11-37-26(42)8-21(22)30(34)35/h6-11,16-19,30H,12-15H2,1-5H3,(H,37,42)(H,38,43). The molecule has 2 saturated heterocycles. The van der Waals surface area contributed by atoms with Gasteiger partial charge in [-0.25, -0.2) is 22.5 Å². The predicted octanol–water partition coefficient (Wildman–Crippen LogP) is 5.05. The first-order valence-corrected chi connectivity index (χ1v) is 14.5. The van der Waals surface area contributed by atoms with Gasteiger partial charge in [-0.2, -0.15) is 0 Å². The van der Waals surface area contributed by atoms with E-state index in [1.807, 2.05) is 39.6 Å². The first kappa shape index (κ1) is 31.5. The molecule has 0 saturated carbocycles. The highest BCUT2D eigenvalue weighted by Crippen LogP contribution is 2.40. The Labute approximate surface area is 252 Å². The fourth-order valence-electron chi connectivity index (χ4n) is 5.97. The molecule has 4 heterocycles. The van der Waals surface area contributed by atoms with Gasteiger partial charge in [0, 0.05) is 73.9 Å². The van der Waals surface area contributed by atoms with Crippen LogP contribution in [0.1, 0.15) is 50.0 Å². The Balaban J connectivity index is 1.57. The highest BCUT2D eigenvalue weighted by atomic mass is 19.3. The first-order valence-electron chi connectivity index (χ1n) is 14.5. The van der Waals surface area contributed by atoms with Gasteiger partial charge in [-0.05, 0) is 46.9 Å². The van der Waals surface area contributed by atoms with Gasteiger partial charge in [0.05, 0.1) is 29.0 Å². The number of rotatable bonds is 6. The van der Waals surface area contributed by atoms with Crippen LogP contribution >= 0.6 is 0 Å². The molecule has 4 atom stereocenters. The molecule has 236 valence electrons. The molecule has 0 bridgehead atoms. The van der Waals surface area contributed by atoms with Crippen molar-refractivity contribution in [2.75, 3.05) is 48.3 Å². The molecule has 3 aromatic rings. The number of aromatic nitrogens is 2. The fraction of sp³-hybridized carbons (Fsp3) is 0.452. The van der Waals surface area contributed by atoms with Crippen molar-refractivity contribution < 1.29 is 27.1 Å². The summed E-state index contributed by atoms with van der Waals surface area (Å²) in [5, 5.41) is 2.42. The molecule has 13 heteroatoms. The molecule has 2 aromatic heterocycles. The topological polar surface area (TPSA) is 93.8 Å². The summed E-state index contributed by atoms with van der Waals surface area (Å²) in [4.78, 5) is 37.6. The van der Waals surface area contributed by atoms with Crippen molar-refractivity contribution >= 4 is 23.1 Å². The van der Waals surface area contributed by atoms with E-state index in [0.29, 0.717) is 38.1 Å². The number of halogens is 4. The summed E-state index contributed by atoms with van der Waals surface area (Å²) in [7, 11) is 1.95. The van der Waals surface area contributed by atoms with Crippen LogP contribution in [0, 0.1) is 11.6 Å². The van der Waals surface area contributed by atoms with Gasteiger partial charge in [0.2, 0.25) is 5.56 Å². The van der Waals surface area contributed by atoms with E-state index in [1.54, 1.807) is 17.0 Å². The molecule has 9 nitrogen and oxygen atoms in total. The lowest BCUT2D eigenvalue weighted by Crippen LogP contribution is -2.55. The maximum atomic E-state index is 16.5.